The van der Waals surface area contributed by atoms with Crippen molar-refractivity contribution < 1.29 is 9.53 Å². The van der Waals surface area contributed by atoms with Crippen molar-refractivity contribution in [2.24, 2.45) is 0 Å². The van der Waals surface area contributed by atoms with Crippen LogP contribution in [0, 0.1) is 6.92 Å². The van der Waals surface area contributed by atoms with Crippen molar-refractivity contribution in [2.75, 3.05) is 13.2 Å². The maximum Gasteiger partial charge on any atom is 0.251 e. The summed E-state index contributed by atoms with van der Waals surface area (Å²) in [5.41, 5.74) is 1.60. The summed E-state index contributed by atoms with van der Waals surface area (Å²) in [5.74, 6) is -0.0487. The summed E-state index contributed by atoms with van der Waals surface area (Å²) in [6, 6.07) is 5.63. The van der Waals surface area contributed by atoms with Crippen LogP contribution in [0.15, 0.2) is 22.7 Å². The Morgan fingerprint density at radius 2 is 2.33 bits per heavy atom. The van der Waals surface area contributed by atoms with Gasteiger partial charge in [-0.3, -0.25) is 4.79 Å². The monoisotopic (exact) mass is 311 g/mol. The normalized spacial score (nSPS) is 23.1. The van der Waals surface area contributed by atoms with Gasteiger partial charge in [0.05, 0.1) is 5.60 Å². The highest BCUT2D eigenvalue weighted by Crippen LogP contribution is 2.24. The van der Waals surface area contributed by atoms with Gasteiger partial charge in [0.15, 0.2) is 0 Å². The zero-order valence-corrected chi connectivity index (χ0v) is 12.3. The van der Waals surface area contributed by atoms with Gasteiger partial charge in [0.25, 0.3) is 5.91 Å². The molecule has 1 amide bonds. The average molecular weight is 312 g/mol. The summed E-state index contributed by atoms with van der Waals surface area (Å²) in [6.07, 6.45) is 2.08. The minimum absolute atomic E-state index is 0.0487. The zero-order chi connectivity index (χ0) is 13.2. The van der Waals surface area contributed by atoms with Crippen molar-refractivity contribution in [1.82, 2.24) is 5.32 Å². The van der Waals surface area contributed by atoms with Crippen LogP contribution in [0.1, 0.15) is 35.7 Å². The van der Waals surface area contributed by atoms with Gasteiger partial charge in [-0.1, -0.05) is 22.0 Å². The summed E-state index contributed by atoms with van der Waals surface area (Å²) in [7, 11) is 0. The van der Waals surface area contributed by atoms with Gasteiger partial charge in [0.2, 0.25) is 0 Å². The van der Waals surface area contributed by atoms with E-state index in [4.69, 9.17) is 4.74 Å². The highest BCUT2D eigenvalue weighted by Gasteiger charge is 2.30. The molecule has 0 aliphatic carbocycles. The predicted octanol–water partition coefficient (Wildman–Crippen LogP) is 3.06. The molecule has 1 aliphatic rings. The molecule has 2 rings (SSSR count). The number of ether oxygens (including phenoxy) is 1. The third-order valence-corrected chi connectivity index (χ3v) is 4.21. The second kappa shape index (κ2) is 5.41. The number of aryl methyl sites for hydroxylation is 1. The van der Waals surface area contributed by atoms with E-state index >= 15 is 0 Å². The van der Waals surface area contributed by atoms with E-state index in [9.17, 15) is 4.79 Å². The third kappa shape index (κ3) is 3.12. The molecule has 1 aromatic rings. The SMILES string of the molecule is Cc1ccc(C(=O)NCC2(C)CCCO2)cc1Br. The van der Waals surface area contributed by atoms with E-state index in [1.807, 2.05) is 32.0 Å². The Hall–Kier alpha value is -0.870. The van der Waals surface area contributed by atoms with Crippen molar-refractivity contribution in [3.63, 3.8) is 0 Å². The third-order valence-electron chi connectivity index (χ3n) is 3.36. The first-order chi connectivity index (χ1) is 8.50. The van der Waals surface area contributed by atoms with Gasteiger partial charge in [-0.05, 0) is 44.4 Å². The molecule has 1 heterocycles. The van der Waals surface area contributed by atoms with Crippen LogP contribution in [0.2, 0.25) is 0 Å². The number of benzene rings is 1. The van der Waals surface area contributed by atoms with Gasteiger partial charge in [-0.25, -0.2) is 0 Å². The molecule has 98 valence electrons. The fourth-order valence-electron chi connectivity index (χ4n) is 2.08. The molecule has 1 saturated heterocycles. The van der Waals surface area contributed by atoms with Crippen LogP contribution in [-0.4, -0.2) is 24.7 Å². The van der Waals surface area contributed by atoms with Crippen molar-refractivity contribution in [3.05, 3.63) is 33.8 Å². The molecule has 0 spiro atoms. The first-order valence-corrected chi connectivity index (χ1v) is 6.98. The minimum Gasteiger partial charge on any atom is -0.373 e. The first-order valence-electron chi connectivity index (χ1n) is 6.18. The lowest BCUT2D eigenvalue weighted by Crippen LogP contribution is -2.40. The molecular weight excluding hydrogens is 294 g/mol. The maximum atomic E-state index is 12.0. The molecule has 1 aliphatic heterocycles. The van der Waals surface area contributed by atoms with E-state index in [0.717, 1.165) is 29.5 Å². The molecule has 1 aromatic carbocycles. The number of halogens is 1. The summed E-state index contributed by atoms with van der Waals surface area (Å²) >= 11 is 3.44. The smallest absolute Gasteiger partial charge is 0.251 e. The molecule has 0 saturated carbocycles. The standard InChI is InChI=1S/C14H18BrNO2/c1-10-4-5-11(8-12(10)15)13(17)16-9-14(2)6-3-7-18-14/h4-5,8H,3,6-7,9H2,1-2H3,(H,16,17). The van der Waals surface area contributed by atoms with E-state index in [-0.39, 0.29) is 11.5 Å². The van der Waals surface area contributed by atoms with Crippen LogP contribution in [-0.2, 0) is 4.74 Å². The van der Waals surface area contributed by atoms with Crippen LogP contribution < -0.4 is 5.32 Å². The summed E-state index contributed by atoms with van der Waals surface area (Å²) in [6.45, 7) is 5.41. The highest BCUT2D eigenvalue weighted by atomic mass is 79.9. The molecule has 0 aromatic heterocycles. The molecular formula is C14H18BrNO2. The van der Waals surface area contributed by atoms with Crippen molar-refractivity contribution in [2.45, 2.75) is 32.3 Å². The Labute approximate surface area is 116 Å². The van der Waals surface area contributed by atoms with Crippen LogP contribution in [0.5, 0.6) is 0 Å². The lowest BCUT2D eigenvalue weighted by Gasteiger charge is -2.23. The summed E-state index contributed by atoms with van der Waals surface area (Å²) in [4.78, 5) is 12.0. The van der Waals surface area contributed by atoms with Crippen molar-refractivity contribution in [3.8, 4) is 0 Å². The number of carbonyl (C=O) groups is 1. The van der Waals surface area contributed by atoms with Crippen LogP contribution in [0.3, 0.4) is 0 Å². The Morgan fingerprint density at radius 3 is 2.94 bits per heavy atom. The van der Waals surface area contributed by atoms with Crippen LogP contribution in [0.25, 0.3) is 0 Å². The number of carbonyl (C=O) groups excluding carboxylic acids is 1. The van der Waals surface area contributed by atoms with E-state index in [1.54, 1.807) is 0 Å². The maximum absolute atomic E-state index is 12.0. The fraction of sp³-hybridized carbons (Fsp3) is 0.500. The van der Waals surface area contributed by atoms with E-state index in [1.165, 1.54) is 0 Å². The van der Waals surface area contributed by atoms with Gasteiger partial charge in [0.1, 0.15) is 0 Å². The Morgan fingerprint density at radius 1 is 1.56 bits per heavy atom. The van der Waals surface area contributed by atoms with E-state index in [0.29, 0.717) is 12.1 Å². The lowest BCUT2D eigenvalue weighted by atomic mass is 10.0. The summed E-state index contributed by atoms with van der Waals surface area (Å²) < 4.78 is 6.60. The number of nitrogens with one attached hydrogen (secondary N) is 1. The Kier molecular flexibility index (Phi) is 4.07. The number of hydrogen-bond donors (Lipinski definition) is 1. The van der Waals surface area contributed by atoms with Crippen molar-refractivity contribution in [1.29, 1.82) is 0 Å². The average Bonchev–Trinajstić information content (AvgIpc) is 2.77. The van der Waals surface area contributed by atoms with E-state index < -0.39 is 0 Å². The van der Waals surface area contributed by atoms with Crippen molar-refractivity contribution >= 4 is 21.8 Å². The van der Waals surface area contributed by atoms with Gasteiger partial charge >= 0.3 is 0 Å². The molecule has 4 heteroatoms. The van der Waals surface area contributed by atoms with Gasteiger partial charge < -0.3 is 10.1 Å². The first kappa shape index (κ1) is 13.6. The number of amides is 1. The topological polar surface area (TPSA) is 38.3 Å². The number of rotatable bonds is 3. The minimum atomic E-state index is -0.197. The lowest BCUT2D eigenvalue weighted by molar-refractivity contribution is 0.0206. The quantitative estimate of drug-likeness (QED) is 0.931. The second-order valence-electron chi connectivity index (χ2n) is 5.05. The summed E-state index contributed by atoms with van der Waals surface area (Å²) in [5, 5.41) is 2.94. The van der Waals surface area contributed by atoms with Crippen LogP contribution in [0.4, 0.5) is 0 Å². The second-order valence-corrected chi connectivity index (χ2v) is 5.90. The van der Waals surface area contributed by atoms with E-state index in [2.05, 4.69) is 21.2 Å². The molecule has 0 radical (unpaired) electrons. The fourth-order valence-corrected chi connectivity index (χ4v) is 2.46. The molecule has 3 nitrogen and oxygen atoms in total. The Balaban J connectivity index is 1.97. The molecule has 1 fully saturated rings. The largest absolute Gasteiger partial charge is 0.373 e. The van der Waals surface area contributed by atoms with Crippen LogP contribution >= 0.6 is 15.9 Å². The zero-order valence-electron chi connectivity index (χ0n) is 10.8. The highest BCUT2D eigenvalue weighted by molar-refractivity contribution is 9.10. The molecule has 1 unspecified atom stereocenters. The molecule has 1 atom stereocenters. The number of hydrogen-bond acceptors (Lipinski definition) is 2. The van der Waals surface area contributed by atoms with Gasteiger partial charge in [0, 0.05) is 23.2 Å². The molecule has 1 N–H and O–H groups in total. The molecule has 18 heavy (non-hydrogen) atoms. The van der Waals surface area contributed by atoms with Gasteiger partial charge in [-0.15, -0.1) is 0 Å². The van der Waals surface area contributed by atoms with Gasteiger partial charge in [-0.2, -0.15) is 0 Å². The Bertz CT molecular complexity index is 453. The molecule has 0 bridgehead atoms. The predicted molar refractivity (Wildman–Crippen MR) is 74.8 cm³/mol.